The fourth-order valence-corrected chi connectivity index (χ4v) is 18.3. The van der Waals surface area contributed by atoms with Crippen LogP contribution in [0.2, 0.25) is 0 Å². The Balaban J connectivity index is 0.861. The fourth-order valence-electron chi connectivity index (χ4n) is 18.3. The Kier molecular flexibility index (Phi) is 7.34. The van der Waals surface area contributed by atoms with E-state index in [0.29, 0.717) is 17.1 Å². The van der Waals surface area contributed by atoms with Crippen molar-refractivity contribution in [3.8, 4) is 0 Å². The van der Waals surface area contributed by atoms with Crippen molar-refractivity contribution in [2.75, 3.05) is 30.3 Å². The van der Waals surface area contributed by atoms with Crippen LogP contribution in [-0.4, -0.2) is 22.9 Å². The molecule has 0 bridgehead atoms. The molecule has 0 radical (unpaired) electrons. The quantitative estimate of drug-likeness (QED) is 0.107. The van der Waals surface area contributed by atoms with Crippen molar-refractivity contribution in [3.63, 3.8) is 0 Å². The molecule has 7 nitrogen and oxygen atoms in total. The number of benzene rings is 3. The largest absolute Gasteiger partial charge is 0.399 e. The van der Waals surface area contributed by atoms with Crippen molar-refractivity contribution in [2.45, 2.75) is 96.4 Å². The number of nitro benzene ring substituents is 1. The van der Waals surface area contributed by atoms with Crippen molar-refractivity contribution in [1.82, 2.24) is 4.90 Å². The van der Waals surface area contributed by atoms with E-state index in [1.165, 1.54) is 38.5 Å². The maximum Gasteiger partial charge on any atom is 0.270 e. The van der Waals surface area contributed by atoms with Crippen LogP contribution in [0.4, 0.5) is 22.7 Å². The average molecular weight is 728 g/mol. The molecule has 7 heteroatoms. The normalized spacial score (nSPS) is 44.6. The van der Waals surface area contributed by atoms with Gasteiger partial charge in [0.25, 0.3) is 5.69 Å². The second kappa shape index (κ2) is 12.0. The second-order valence-corrected chi connectivity index (χ2v) is 20.8. The third kappa shape index (κ3) is 4.51. The molecule has 9 aliphatic rings. The van der Waals surface area contributed by atoms with Gasteiger partial charge in [0, 0.05) is 59.6 Å². The number of hydrogen-bond donors (Lipinski definition) is 3. The Hall–Kier alpha value is -3.06. The first-order chi connectivity index (χ1) is 26.3. The molecule has 1 aliphatic heterocycles. The van der Waals surface area contributed by atoms with Crippen LogP contribution in [0.5, 0.6) is 0 Å². The zero-order valence-electron chi connectivity index (χ0n) is 32.1. The lowest BCUT2D eigenvalue weighted by Crippen LogP contribution is -2.66. The van der Waals surface area contributed by atoms with Crippen molar-refractivity contribution < 1.29 is 4.92 Å². The minimum Gasteiger partial charge on any atom is -0.399 e. The lowest BCUT2D eigenvalue weighted by atomic mass is 9.34. The molecular weight excluding hydrogens is 667 g/mol. The molecule has 9 fully saturated rings. The maximum absolute atomic E-state index is 12.0. The summed E-state index contributed by atoms with van der Waals surface area (Å²) in [7, 11) is 0. The minimum atomic E-state index is -0.292. The zero-order chi connectivity index (χ0) is 36.1. The van der Waals surface area contributed by atoms with E-state index in [1.807, 2.05) is 12.1 Å². The smallest absolute Gasteiger partial charge is 0.270 e. The molecule has 0 spiro atoms. The number of rotatable bonds is 3. The van der Waals surface area contributed by atoms with Gasteiger partial charge in [-0.1, -0.05) is 25.7 Å². The molecule has 10 atom stereocenters. The van der Waals surface area contributed by atoms with Crippen LogP contribution in [0.1, 0.15) is 95.5 Å². The predicted molar refractivity (Wildman–Crippen MR) is 217 cm³/mol. The molecule has 3 aromatic carbocycles. The highest BCUT2D eigenvalue weighted by Gasteiger charge is 2.66. The van der Waals surface area contributed by atoms with Gasteiger partial charge in [0.1, 0.15) is 0 Å². The molecule has 1 saturated heterocycles. The Labute approximate surface area is 320 Å². The van der Waals surface area contributed by atoms with Gasteiger partial charge in [-0.25, -0.2) is 0 Å². The highest BCUT2D eigenvalue weighted by molar-refractivity contribution is 6.17. The van der Waals surface area contributed by atoms with Crippen LogP contribution in [0.15, 0.2) is 30.3 Å². The predicted octanol–water partition coefficient (Wildman–Crippen LogP) is 9.89. The molecule has 8 saturated carbocycles. The number of nitrogens with zero attached hydrogens (tertiary/aromatic N) is 2. The van der Waals surface area contributed by atoms with Crippen molar-refractivity contribution in [3.05, 3.63) is 46.0 Å². The zero-order valence-corrected chi connectivity index (χ0v) is 32.1. The summed E-state index contributed by atoms with van der Waals surface area (Å²) in [6, 6.07) is 8.92. The summed E-state index contributed by atoms with van der Waals surface area (Å²) in [4.78, 5) is 14.4. The summed E-state index contributed by atoms with van der Waals surface area (Å²) in [6.07, 6.45) is 21.3. The first kappa shape index (κ1) is 33.1. The second-order valence-electron chi connectivity index (χ2n) is 20.8. The number of likely N-dealkylation sites (tertiary alicyclic amines) is 1. The van der Waals surface area contributed by atoms with Gasteiger partial charge in [-0.3, -0.25) is 15.0 Å². The molecule has 8 aliphatic carbocycles. The fraction of sp³-hybridized carbons (Fsp3) is 0.702. The first-order valence-electron chi connectivity index (χ1n) is 22.5. The Morgan fingerprint density at radius 1 is 0.574 bits per heavy atom. The van der Waals surface area contributed by atoms with Gasteiger partial charge >= 0.3 is 0 Å². The molecular formula is C47H61N5O2. The first-order valence-corrected chi connectivity index (χ1v) is 22.5. The van der Waals surface area contributed by atoms with Crippen LogP contribution in [0, 0.1) is 105 Å². The van der Waals surface area contributed by atoms with Gasteiger partial charge in [0.15, 0.2) is 0 Å². The number of fused-ring (bicyclic) bond motifs is 6. The number of hydrogen-bond acceptors (Lipinski definition) is 6. The lowest BCUT2D eigenvalue weighted by molar-refractivity contribution is -0.384. The number of piperidine rings is 1. The van der Waals surface area contributed by atoms with Crippen molar-refractivity contribution in [1.29, 1.82) is 0 Å². The summed E-state index contributed by atoms with van der Waals surface area (Å²) in [5.41, 5.74) is 22.8. The van der Waals surface area contributed by atoms with E-state index >= 15 is 0 Å². The standard InChI is InChI=1S/C47H61N5O2/c48-26-17-38-39(37-19-27(52(53)54)9-12-36(37)47(50)46(38)40(49)18-26)22-51-20-24-7-10-30-34-15-13-32-28-5-1-3-23-4-2-6-29(42(23)28)33-14-16-35(45(34)44(32)33)31-11-8-25(21-51)41(24)43(30)31/h9,12,17-19,23-25,28-35,41-45H,1-8,10-11,13-16,20-22,48-50H2. The topological polar surface area (TPSA) is 124 Å². The van der Waals surface area contributed by atoms with Crippen molar-refractivity contribution in [2.24, 2.45) is 94.7 Å². The average Bonchev–Trinajstić information content (AvgIpc) is 3.18. The third-order valence-electron chi connectivity index (χ3n) is 19.3. The van der Waals surface area contributed by atoms with Crippen LogP contribution >= 0.6 is 0 Å². The summed E-state index contributed by atoms with van der Waals surface area (Å²) in [6.45, 7) is 3.01. The van der Waals surface area contributed by atoms with E-state index in [4.69, 9.17) is 17.2 Å². The van der Waals surface area contributed by atoms with Crippen LogP contribution in [0.25, 0.3) is 21.5 Å². The number of nitrogen functional groups attached to an aromatic ring is 3. The summed E-state index contributed by atoms with van der Waals surface area (Å²) in [5, 5.41) is 15.5. The molecule has 286 valence electrons. The Morgan fingerprint density at radius 3 is 1.69 bits per heavy atom. The van der Waals surface area contributed by atoms with Gasteiger partial charge in [0.05, 0.1) is 4.92 Å². The molecule has 54 heavy (non-hydrogen) atoms. The highest BCUT2D eigenvalue weighted by Crippen LogP contribution is 2.73. The molecule has 10 unspecified atom stereocenters. The van der Waals surface area contributed by atoms with E-state index < -0.39 is 0 Å². The van der Waals surface area contributed by atoms with E-state index in [2.05, 4.69) is 4.90 Å². The SMILES string of the molecule is Nc1cc(N)c2c(N)c3ccc([N+](=O)[O-])cc3c(CN3CC4CCC5C6CCC7C8CCCC9CCCC(C%10CCC(C%11CCC(C3)C4C5%11)C6C7%10)C98)c2c1. The Morgan fingerprint density at radius 2 is 1.11 bits per heavy atom. The van der Waals surface area contributed by atoms with Gasteiger partial charge in [0.2, 0.25) is 0 Å². The number of non-ortho nitro benzene ring substituents is 1. The van der Waals surface area contributed by atoms with E-state index in [1.54, 1.807) is 69.6 Å². The lowest BCUT2D eigenvalue weighted by Gasteiger charge is -2.71. The van der Waals surface area contributed by atoms with Crippen molar-refractivity contribution >= 4 is 44.3 Å². The molecule has 0 amide bonds. The summed E-state index contributed by atoms with van der Waals surface area (Å²) < 4.78 is 0. The molecule has 12 rings (SSSR count). The van der Waals surface area contributed by atoms with E-state index in [0.717, 1.165) is 141 Å². The highest BCUT2D eigenvalue weighted by atomic mass is 16.6. The third-order valence-corrected chi connectivity index (χ3v) is 19.3. The van der Waals surface area contributed by atoms with Gasteiger partial charge < -0.3 is 17.2 Å². The maximum atomic E-state index is 12.0. The number of nitro groups is 1. The molecule has 3 aromatic rings. The number of anilines is 3. The summed E-state index contributed by atoms with van der Waals surface area (Å²) >= 11 is 0. The number of nitrogens with two attached hydrogens (primary N) is 3. The molecule has 6 N–H and O–H groups in total. The van der Waals surface area contributed by atoms with Gasteiger partial charge in [-0.2, -0.15) is 0 Å². The minimum absolute atomic E-state index is 0.100. The van der Waals surface area contributed by atoms with Gasteiger partial charge in [-0.15, -0.1) is 0 Å². The van der Waals surface area contributed by atoms with Crippen LogP contribution in [0.3, 0.4) is 0 Å². The van der Waals surface area contributed by atoms with Crippen LogP contribution < -0.4 is 17.2 Å². The summed E-state index contributed by atoms with van der Waals surface area (Å²) in [5.74, 6) is 15.9. The van der Waals surface area contributed by atoms with Gasteiger partial charge in [-0.05, 0) is 193 Å². The Bertz CT molecular complexity index is 1990. The molecule has 0 aromatic heterocycles. The van der Waals surface area contributed by atoms with E-state index in [-0.39, 0.29) is 10.6 Å². The van der Waals surface area contributed by atoms with E-state index in [9.17, 15) is 10.1 Å². The molecule has 1 heterocycles. The van der Waals surface area contributed by atoms with Crippen LogP contribution in [-0.2, 0) is 6.54 Å². The monoisotopic (exact) mass is 727 g/mol.